The average molecular weight is 277 g/mol. The van der Waals surface area contributed by atoms with Crippen molar-refractivity contribution in [3.63, 3.8) is 0 Å². The maximum atomic E-state index is 3.91. The van der Waals surface area contributed by atoms with Crippen molar-refractivity contribution in [1.29, 1.82) is 0 Å². The molecule has 2 rings (SSSR count). The molecule has 0 heterocycles. The Morgan fingerprint density at radius 1 is 1.21 bits per heavy atom. The minimum absolute atomic E-state index is 0.497. The van der Waals surface area contributed by atoms with Gasteiger partial charge >= 0.3 is 0 Å². The Balaban J connectivity index is 1.95. The van der Waals surface area contributed by atoms with Crippen molar-refractivity contribution in [1.82, 2.24) is 5.32 Å². The van der Waals surface area contributed by atoms with Crippen LogP contribution in [0.15, 0.2) is 30.3 Å². The van der Waals surface area contributed by atoms with Gasteiger partial charge in [0.15, 0.2) is 0 Å². The molecule has 1 aromatic rings. The second-order valence-electron chi connectivity index (χ2n) is 5.89. The molecular weight excluding hydrogens is 250 g/mol. The topological polar surface area (TPSA) is 12.0 Å². The van der Waals surface area contributed by atoms with E-state index in [2.05, 4.69) is 68.2 Å². The second-order valence-corrected chi connectivity index (χ2v) is 7.46. The smallest absolute Gasteiger partial charge is 0.0345 e. The largest absolute Gasteiger partial charge is 0.307 e. The molecule has 1 aromatic carbocycles. The summed E-state index contributed by atoms with van der Waals surface area (Å²) in [4.78, 5) is 0. The first-order chi connectivity index (χ1) is 9.20. The van der Waals surface area contributed by atoms with E-state index in [1.165, 1.54) is 30.6 Å². The summed E-state index contributed by atoms with van der Waals surface area (Å²) in [7, 11) is 0. The van der Waals surface area contributed by atoms with E-state index >= 15 is 0 Å². The second kappa shape index (κ2) is 7.35. The highest BCUT2D eigenvalue weighted by Crippen LogP contribution is 2.32. The summed E-state index contributed by atoms with van der Waals surface area (Å²) in [5, 5.41) is 4.79. The minimum atomic E-state index is 0.497. The molecule has 3 atom stereocenters. The van der Waals surface area contributed by atoms with Crippen molar-refractivity contribution >= 4 is 11.8 Å². The van der Waals surface area contributed by atoms with Crippen LogP contribution in [0, 0.1) is 5.92 Å². The molecule has 1 fully saturated rings. The molecule has 0 aromatic heterocycles. The predicted octanol–water partition coefficient (Wildman–Crippen LogP) is 4.65. The standard InChI is InChI=1S/C17H27NS/c1-4-19-16-11-10-15(12-16)18-17(13(2)3)14-8-6-5-7-9-14/h5-9,13,15-18H,4,10-12H2,1-3H3. The van der Waals surface area contributed by atoms with Gasteiger partial charge in [0, 0.05) is 17.3 Å². The summed E-state index contributed by atoms with van der Waals surface area (Å²) >= 11 is 2.13. The Labute approximate surface area is 122 Å². The Hall–Kier alpha value is -0.470. The van der Waals surface area contributed by atoms with Crippen LogP contribution in [-0.2, 0) is 0 Å². The van der Waals surface area contributed by atoms with Crippen LogP contribution < -0.4 is 5.32 Å². The first kappa shape index (κ1) is 14.9. The van der Waals surface area contributed by atoms with E-state index in [1.807, 2.05) is 0 Å². The molecule has 0 saturated heterocycles. The molecule has 1 saturated carbocycles. The first-order valence-electron chi connectivity index (χ1n) is 7.63. The van der Waals surface area contributed by atoms with Crippen LogP contribution >= 0.6 is 11.8 Å². The normalized spacial score (nSPS) is 24.8. The summed E-state index contributed by atoms with van der Waals surface area (Å²) in [6.45, 7) is 6.90. The van der Waals surface area contributed by atoms with Gasteiger partial charge in [0.25, 0.3) is 0 Å². The number of nitrogens with one attached hydrogen (secondary N) is 1. The van der Waals surface area contributed by atoms with Crippen LogP contribution in [0.2, 0.25) is 0 Å². The number of hydrogen-bond acceptors (Lipinski definition) is 2. The van der Waals surface area contributed by atoms with Gasteiger partial charge in [0.2, 0.25) is 0 Å². The van der Waals surface area contributed by atoms with E-state index in [0.29, 0.717) is 18.0 Å². The van der Waals surface area contributed by atoms with Crippen molar-refractivity contribution < 1.29 is 0 Å². The molecule has 19 heavy (non-hydrogen) atoms. The number of benzene rings is 1. The fraction of sp³-hybridized carbons (Fsp3) is 0.647. The molecule has 1 nitrogen and oxygen atoms in total. The monoisotopic (exact) mass is 277 g/mol. The van der Waals surface area contributed by atoms with Crippen molar-refractivity contribution in [3.05, 3.63) is 35.9 Å². The third kappa shape index (κ3) is 4.25. The maximum absolute atomic E-state index is 3.91. The lowest BCUT2D eigenvalue weighted by molar-refractivity contribution is 0.361. The number of hydrogen-bond donors (Lipinski definition) is 1. The van der Waals surface area contributed by atoms with Crippen LogP contribution in [-0.4, -0.2) is 17.0 Å². The van der Waals surface area contributed by atoms with Crippen molar-refractivity contribution in [2.24, 2.45) is 5.92 Å². The quantitative estimate of drug-likeness (QED) is 0.812. The predicted molar refractivity (Wildman–Crippen MR) is 86.7 cm³/mol. The molecule has 1 aliphatic carbocycles. The zero-order chi connectivity index (χ0) is 13.7. The first-order valence-corrected chi connectivity index (χ1v) is 8.68. The van der Waals surface area contributed by atoms with Crippen LogP contribution in [0.5, 0.6) is 0 Å². The minimum Gasteiger partial charge on any atom is -0.307 e. The Kier molecular flexibility index (Phi) is 5.77. The molecule has 1 aliphatic rings. The van der Waals surface area contributed by atoms with Gasteiger partial charge in [-0.25, -0.2) is 0 Å². The van der Waals surface area contributed by atoms with Crippen molar-refractivity contribution in [2.45, 2.75) is 57.4 Å². The highest BCUT2D eigenvalue weighted by atomic mass is 32.2. The maximum Gasteiger partial charge on any atom is 0.0345 e. The lowest BCUT2D eigenvalue weighted by Crippen LogP contribution is -2.34. The van der Waals surface area contributed by atoms with Crippen LogP contribution in [0.25, 0.3) is 0 Å². The average Bonchev–Trinajstić information content (AvgIpc) is 2.85. The molecule has 3 unspecified atom stereocenters. The van der Waals surface area contributed by atoms with Crippen molar-refractivity contribution in [2.75, 3.05) is 5.75 Å². The van der Waals surface area contributed by atoms with E-state index in [1.54, 1.807) is 0 Å². The van der Waals surface area contributed by atoms with Gasteiger partial charge in [0.05, 0.1) is 0 Å². The number of rotatable bonds is 6. The molecule has 106 valence electrons. The third-order valence-electron chi connectivity index (χ3n) is 4.03. The fourth-order valence-electron chi connectivity index (χ4n) is 3.07. The van der Waals surface area contributed by atoms with E-state index in [0.717, 1.165) is 5.25 Å². The summed E-state index contributed by atoms with van der Waals surface area (Å²) in [5.41, 5.74) is 1.43. The third-order valence-corrected chi connectivity index (χ3v) is 5.26. The van der Waals surface area contributed by atoms with Gasteiger partial charge in [0.1, 0.15) is 0 Å². The van der Waals surface area contributed by atoms with Crippen LogP contribution in [0.1, 0.15) is 51.6 Å². The van der Waals surface area contributed by atoms with E-state index in [9.17, 15) is 0 Å². The van der Waals surface area contributed by atoms with E-state index in [-0.39, 0.29) is 0 Å². The molecule has 0 amide bonds. The van der Waals surface area contributed by atoms with Gasteiger partial charge in [-0.2, -0.15) is 11.8 Å². The summed E-state index contributed by atoms with van der Waals surface area (Å²) in [6.07, 6.45) is 4.07. The molecule has 0 spiro atoms. The molecule has 2 heteroatoms. The number of thioether (sulfide) groups is 1. The Morgan fingerprint density at radius 3 is 2.58 bits per heavy atom. The van der Waals surface area contributed by atoms with Gasteiger partial charge in [-0.15, -0.1) is 0 Å². The highest BCUT2D eigenvalue weighted by Gasteiger charge is 2.27. The lowest BCUT2D eigenvalue weighted by atomic mass is 9.95. The van der Waals surface area contributed by atoms with Crippen LogP contribution in [0.4, 0.5) is 0 Å². The SMILES string of the molecule is CCSC1CCC(NC(c2ccccc2)C(C)C)C1. The molecule has 0 radical (unpaired) electrons. The van der Waals surface area contributed by atoms with Gasteiger partial charge in [-0.05, 0) is 36.5 Å². The van der Waals surface area contributed by atoms with Crippen LogP contribution in [0.3, 0.4) is 0 Å². The molecule has 1 N–H and O–H groups in total. The summed E-state index contributed by atoms with van der Waals surface area (Å²) in [6, 6.07) is 12.1. The molecule has 0 bridgehead atoms. The highest BCUT2D eigenvalue weighted by molar-refractivity contribution is 7.99. The summed E-state index contributed by atoms with van der Waals surface area (Å²) in [5.74, 6) is 1.89. The van der Waals surface area contributed by atoms with E-state index < -0.39 is 0 Å². The summed E-state index contributed by atoms with van der Waals surface area (Å²) < 4.78 is 0. The van der Waals surface area contributed by atoms with Gasteiger partial charge in [-0.3, -0.25) is 0 Å². The molecular formula is C17H27NS. The zero-order valence-corrected chi connectivity index (χ0v) is 13.2. The molecule has 0 aliphatic heterocycles. The van der Waals surface area contributed by atoms with E-state index in [4.69, 9.17) is 0 Å². The fourth-order valence-corrected chi connectivity index (χ4v) is 4.21. The van der Waals surface area contributed by atoms with Gasteiger partial charge in [-0.1, -0.05) is 51.1 Å². The Morgan fingerprint density at radius 2 is 1.95 bits per heavy atom. The van der Waals surface area contributed by atoms with Gasteiger partial charge < -0.3 is 5.32 Å². The zero-order valence-electron chi connectivity index (χ0n) is 12.4. The Bertz CT molecular complexity index is 363. The van der Waals surface area contributed by atoms with Crippen molar-refractivity contribution in [3.8, 4) is 0 Å². The lowest BCUT2D eigenvalue weighted by Gasteiger charge is -2.27.